The van der Waals surface area contributed by atoms with Gasteiger partial charge in [-0.05, 0) is 18.1 Å². The Kier molecular flexibility index (Phi) is 1.73. The van der Waals surface area contributed by atoms with Gasteiger partial charge in [0.05, 0.1) is 4.92 Å². The van der Waals surface area contributed by atoms with Crippen LogP contribution in [0.1, 0.15) is 22.3 Å². The Morgan fingerprint density at radius 3 is 2.71 bits per heavy atom. The highest BCUT2D eigenvalue weighted by Gasteiger charge is 2.30. The number of nitrogens with two attached hydrogens (primary N) is 1. The summed E-state index contributed by atoms with van der Waals surface area (Å²) in [6.45, 7) is 0. The zero-order valence-corrected chi connectivity index (χ0v) is 7.32. The van der Waals surface area contributed by atoms with Crippen molar-refractivity contribution in [2.24, 2.45) is 0 Å². The Labute approximate surface area is 79.7 Å². The second-order valence-corrected chi connectivity index (χ2v) is 3.22. The highest BCUT2D eigenvalue weighted by Crippen LogP contribution is 2.34. The van der Waals surface area contributed by atoms with Crippen LogP contribution in [0.5, 0.6) is 0 Å². The van der Waals surface area contributed by atoms with Gasteiger partial charge in [0, 0.05) is 6.42 Å². The molecule has 0 aliphatic heterocycles. The summed E-state index contributed by atoms with van der Waals surface area (Å²) < 4.78 is 0. The number of Topliss-reactive ketones (excluding diaryl/α,β-unsaturated/α-hetero) is 1. The molecule has 2 N–H and O–H groups in total. The lowest BCUT2D eigenvalue weighted by molar-refractivity contribution is -0.384. The van der Waals surface area contributed by atoms with Crippen LogP contribution >= 0.6 is 0 Å². The summed E-state index contributed by atoms with van der Waals surface area (Å²) in [6.07, 6.45) is 0.926. The fourth-order valence-electron chi connectivity index (χ4n) is 1.74. The van der Waals surface area contributed by atoms with E-state index in [0.29, 0.717) is 12.8 Å². The second-order valence-electron chi connectivity index (χ2n) is 3.22. The van der Waals surface area contributed by atoms with Crippen LogP contribution in [0.2, 0.25) is 0 Å². The number of carbonyl (C=O) groups excluding carboxylic acids is 1. The Morgan fingerprint density at radius 2 is 2.07 bits per heavy atom. The molecule has 0 fully saturated rings. The van der Waals surface area contributed by atoms with E-state index in [1.54, 1.807) is 6.07 Å². The standard InChI is InChI=1S/C9H8N2O3/c10-6-3-1-5-2-4-7(12)8(5)9(6)11(13)14/h1,3H,2,4,10H2. The minimum absolute atomic E-state index is 0.0593. The van der Waals surface area contributed by atoms with Gasteiger partial charge in [-0.15, -0.1) is 0 Å². The minimum Gasteiger partial charge on any atom is -0.393 e. The molecular formula is C9H8N2O3. The second kappa shape index (κ2) is 2.80. The molecule has 0 heterocycles. The molecule has 0 unspecified atom stereocenters. The van der Waals surface area contributed by atoms with Crippen molar-refractivity contribution in [3.63, 3.8) is 0 Å². The van der Waals surface area contributed by atoms with E-state index in [0.717, 1.165) is 5.56 Å². The monoisotopic (exact) mass is 192 g/mol. The summed E-state index contributed by atoms with van der Waals surface area (Å²) in [6, 6.07) is 3.16. The first-order chi connectivity index (χ1) is 6.61. The van der Waals surface area contributed by atoms with Crippen LogP contribution in [0.15, 0.2) is 12.1 Å². The molecule has 0 saturated heterocycles. The van der Waals surface area contributed by atoms with Crippen LogP contribution in [-0.2, 0) is 6.42 Å². The molecule has 0 spiro atoms. The zero-order valence-electron chi connectivity index (χ0n) is 7.32. The van der Waals surface area contributed by atoms with E-state index in [-0.39, 0.29) is 22.7 Å². The summed E-state index contributed by atoms with van der Waals surface area (Å²) in [4.78, 5) is 21.5. The topological polar surface area (TPSA) is 86.2 Å². The molecule has 2 rings (SSSR count). The maximum atomic E-state index is 11.4. The molecule has 1 aliphatic rings. The van der Waals surface area contributed by atoms with Crippen LogP contribution < -0.4 is 5.73 Å². The molecule has 0 atom stereocenters. The van der Waals surface area contributed by atoms with Crippen molar-refractivity contribution in [1.29, 1.82) is 0 Å². The molecule has 5 nitrogen and oxygen atoms in total. The SMILES string of the molecule is Nc1ccc2c(c1[N+](=O)[O-])C(=O)CC2. The Balaban J connectivity index is 2.74. The molecule has 0 bridgehead atoms. The van der Waals surface area contributed by atoms with Gasteiger partial charge in [0.2, 0.25) is 0 Å². The van der Waals surface area contributed by atoms with Crippen molar-refractivity contribution in [3.8, 4) is 0 Å². The maximum Gasteiger partial charge on any atom is 0.303 e. The number of ketones is 1. The van der Waals surface area contributed by atoms with Gasteiger partial charge >= 0.3 is 5.69 Å². The number of carbonyl (C=O) groups is 1. The van der Waals surface area contributed by atoms with Gasteiger partial charge in [-0.25, -0.2) is 0 Å². The lowest BCUT2D eigenvalue weighted by Gasteiger charge is -2.01. The lowest BCUT2D eigenvalue weighted by Crippen LogP contribution is -2.03. The summed E-state index contributed by atoms with van der Waals surface area (Å²) in [5.41, 5.74) is 6.23. The highest BCUT2D eigenvalue weighted by atomic mass is 16.6. The van der Waals surface area contributed by atoms with Crippen LogP contribution in [0, 0.1) is 10.1 Å². The van der Waals surface area contributed by atoms with E-state index in [1.807, 2.05) is 0 Å². The number of hydrogen-bond donors (Lipinski definition) is 1. The Morgan fingerprint density at radius 1 is 1.36 bits per heavy atom. The lowest BCUT2D eigenvalue weighted by atomic mass is 10.1. The number of rotatable bonds is 1. The molecule has 0 radical (unpaired) electrons. The molecule has 0 aromatic heterocycles. The summed E-state index contributed by atoms with van der Waals surface area (Å²) in [7, 11) is 0. The number of nitro groups is 1. The molecule has 72 valence electrons. The van der Waals surface area contributed by atoms with E-state index >= 15 is 0 Å². The third kappa shape index (κ3) is 1.06. The van der Waals surface area contributed by atoms with Crippen molar-refractivity contribution < 1.29 is 9.72 Å². The largest absolute Gasteiger partial charge is 0.393 e. The van der Waals surface area contributed by atoms with Gasteiger partial charge in [0.15, 0.2) is 5.78 Å². The Hall–Kier alpha value is -1.91. The first-order valence-electron chi connectivity index (χ1n) is 4.20. The van der Waals surface area contributed by atoms with E-state index in [1.165, 1.54) is 6.07 Å². The van der Waals surface area contributed by atoms with Gasteiger partial charge in [-0.3, -0.25) is 14.9 Å². The number of nitrogen functional groups attached to an aromatic ring is 1. The van der Waals surface area contributed by atoms with Crippen LogP contribution in [0.3, 0.4) is 0 Å². The number of benzene rings is 1. The summed E-state index contributed by atoms with van der Waals surface area (Å²) >= 11 is 0. The van der Waals surface area contributed by atoms with Gasteiger partial charge in [-0.2, -0.15) is 0 Å². The normalized spacial score (nSPS) is 14.1. The highest BCUT2D eigenvalue weighted by molar-refractivity contribution is 6.05. The Bertz CT molecular complexity index is 440. The van der Waals surface area contributed by atoms with Gasteiger partial charge in [0.1, 0.15) is 11.3 Å². The molecule has 0 saturated carbocycles. The van der Waals surface area contributed by atoms with Crippen molar-refractivity contribution in [2.75, 3.05) is 5.73 Å². The molecule has 1 aliphatic carbocycles. The van der Waals surface area contributed by atoms with E-state index < -0.39 is 4.92 Å². The van der Waals surface area contributed by atoms with Gasteiger partial charge in [-0.1, -0.05) is 6.07 Å². The van der Waals surface area contributed by atoms with E-state index in [4.69, 9.17) is 5.73 Å². The van der Waals surface area contributed by atoms with E-state index in [2.05, 4.69) is 0 Å². The predicted octanol–water partition coefficient (Wildman–Crippen LogP) is 1.31. The van der Waals surface area contributed by atoms with Crippen molar-refractivity contribution in [1.82, 2.24) is 0 Å². The summed E-state index contributed by atoms with van der Waals surface area (Å²) in [5, 5.41) is 10.7. The smallest absolute Gasteiger partial charge is 0.303 e. The first kappa shape index (κ1) is 8.68. The summed E-state index contributed by atoms with van der Waals surface area (Å²) in [5.74, 6) is -0.181. The fourth-order valence-corrected chi connectivity index (χ4v) is 1.74. The maximum absolute atomic E-state index is 11.4. The predicted molar refractivity (Wildman–Crippen MR) is 50.2 cm³/mol. The molecule has 14 heavy (non-hydrogen) atoms. The minimum atomic E-state index is -0.586. The van der Waals surface area contributed by atoms with Crippen LogP contribution in [-0.4, -0.2) is 10.7 Å². The van der Waals surface area contributed by atoms with Crippen LogP contribution in [0.4, 0.5) is 11.4 Å². The number of hydrogen-bond acceptors (Lipinski definition) is 4. The third-order valence-corrected chi connectivity index (χ3v) is 2.38. The number of aryl methyl sites for hydroxylation is 1. The molecule has 1 aromatic rings. The van der Waals surface area contributed by atoms with Gasteiger partial charge < -0.3 is 5.73 Å². The number of nitrogens with zero attached hydrogens (tertiary/aromatic N) is 1. The van der Waals surface area contributed by atoms with E-state index in [9.17, 15) is 14.9 Å². The van der Waals surface area contributed by atoms with Crippen molar-refractivity contribution in [3.05, 3.63) is 33.4 Å². The third-order valence-electron chi connectivity index (χ3n) is 2.38. The molecule has 1 aromatic carbocycles. The number of anilines is 1. The van der Waals surface area contributed by atoms with Crippen molar-refractivity contribution >= 4 is 17.2 Å². The number of fused-ring (bicyclic) bond motifs is 1. The molecular weight excluding hydrogens is 184 g/mol. The van der Waals surface area contributed by atoms with Crippen molar-refractivity contribution in [2.45, 2.75) is 12.8 Å². The average molecular weight is 192 g/mol. The fraction of sp³-hybridized carbons (Fsp3) is 0.222. The quantitative estimate of drug-likeness (QED) is 0.413. The zero-order chi connectivity index (χ0) is 10.3. The molecule has 5 heteroatoms. The molecule has 0 amide bonds. The first-order valence-corrected chi connectivity index (χ1v) is 4.20. The average Bonchev–Trinajstić information content (AvgIpc) is 2.47. The number of nitro benzene ring substituents is 1. The van der Waals surface area contributed by atoms with Gasteiger partial charge in [0.25, 0.3) is 0 Å². The van der Waals surface area contributed by atoms with Crippen LogP contribution in [0.25, 0.3) is 0 Å².